The van der Waals surface area contributed by atoms with Gasteiger partial charge in [0.05, 0.1) is 5.52 Å². The smallest absolute Gasteiger partial charge is 0.248 e. The highest BCUT2D eigenvalue weighted by Gasteiger charge is 2.49. The maximum absolute atomic E-state index is 13.5. The van der Waals surface area contributed by atoms with E-state index in [4.69, 9.17) is 19.3 Å². The molecule has 1 aliphatic rings. The largest absolute Gasteiger partial charge is 0.487 e. The lowest BCUT2D eigenvalue weighted by Gasteiger charge is -2.41. The van der Waals surface area contributed by atoms with Crippen LogP contribution in [0.5, 0.6) is 5.75 Å². The minimum Gasteiger partial charge on any atom is -0.487 e. The Morgan fingerprint density at radius 3 is 2.06 bits per heavy atom. The fourth-order valence-corrected chi connectivity index (χ4v) is 10.6. The molecule has 0 saturated carbocycles. The third-order valence-electron chi connectivity index (χ3n) is 12.8. The number of nitrogens with zero attached hydrogens (tertiary/aromatic N) is 1. The molecule has 13 heteroatoms. The van der Waals surface area contributed by atoms with Crippen molar-refractivity contribution in [2.24, 2.45) is 17.1 Å². The van der Waals surface area contributed by atoms with Crippen molar-refractivity contribution < 1.29 is 23.2 Å². The monoisotopic (exact) mass is 905 g/mol. The Hall–Kier alpha value is -5.68. The lowest BCUT2D eigenvalue weighted by Crippen LogP contribution is -2.49. The molecule has 6 aromatic rings. The summed E-state index contributed by atoms with van der Waals surface area (Å²) in [4.78, 5) is 44.8. The molecule has 2 atom stereocenters. The van der Waals surface area contributed by atoms with Crippen LogP contribution in [0.3, 0.4) is 0 Å². The van der Waals surface area contributed by atoms with Gasteiger partial charge in [0.25, 0.3) is 0 Å². The Balaban J connectivity index is 0.995. The molecule has 11 nitrogen and oxygen atoms in total. The molecule has 2 amide bonds. The highest BCUT2D eigenvalue weighted by atomic mass is 28.2. The van der Waals surface area contributed by atoms with Gasteiger partial charge in [-0.05, 0) is 84.1 Å². The molecule has 1 fully saturated rings. The van der Waals surface area contributed by atoms with Crippen LogP contribution in [0.2, 0.25) is 13.1 Å². The van der Waals surface area contributed by atoms with Gasteiger partial charge in [0, 0.05) is 61.1 Å². The minimum absolute atomic E-state index is 0.0398. The summed E-state index contributed by atoms with van der Waals surface area (Å²) >= 11 is 0. The highest BCUT2D eigenvalue weighted by molar-refractivity contribution is 6.26. The normalized spacial score (nSPS) is 15.0. The van der Waals surface area contributed by atoms with Crippen LogP contribution >= 0.6 is 0 Å². The molecular weight excluding hydrogens is 847 g/mol. The number of benzene rings is 5. The Morgan fingerprint density at radius 2 is 1.45 bits per heavy atom. The van der Waals surface area contributed by atoms with Crippen molar-refractivity contribution in [2.45, 2.75) is 70.6 Å². The maximum Gasteiger partial charge on any atom is 0.248 e. The van der Waals surface area contributed by atoms with E-state index in [0.29, 0.717) is 50.5 Å². The van der Waals surface area contributed by atoms with Crippen molar-refractivity contribution in [3.63, 3.8) is 0 Å². The first-order valence-electron chi connectivity index (χ1n) is 22.2. The number of H-pyrrole nitrogens is 1. The first-order chi connectivity index (χ1) is 31.5. The molecule has 0 aliphatic carbocycles. The van der Waals surface area contributed by atoms with E-state index >= 15 is 0 Å². The number of carbonyl (C=O) groups excluding carboxylic acids is 2. The molecule has 4 radical (unpaired) electrons. The number of hydrogen-bond acceptors (Lipinski definition) is 8. The van der Waals surface area contributed by atoms with Gasteiger partial charge in [-0.2, -0.15) is 0 Å². The maximum atomic E-state index is 13.5. The van der Waals surface area contributed by atoms with Crippen molar-refractivity contribution in [3.05, 3.63) is 178 Å². The van der Waals surface area contributed by atoms with Crippen molar-refractivity contribution in [3.8, 4) is 5.75 Å². The van der Waals surface area contributed by atoms with Crippen LogP contribution in [0, 0.1) is 11.3 Å². The Morgan fingerprint density at radius 1 is 0.815 bits per heavy atom. The summed E-state index contributed by atoms with van der Waals surface area (Å²) in [5.74, 6) is 0.0323. The fraction of sp³-hybridized carbons (Fsp3) is 0.327. The lowest BCUT2D eigenvalue weighted by atomic mass is 9.64. The van der Waals surface area contributed by atoms with Crippen LogP contribution in [0.1, 0.15) is 60.4 Å². The quantitative estimate of drug-likeness (QED) is 0.0399. The van der Waals surface area contributed by atoms with E-state index in [2.05, 4.69) is 40.4 Å². The molecule has 65 heavy (non-hydrogen) atoms. The van der Waals surface area contributed by atoms with E-state index in [1.54, 1.807) is 6.07 Å². The molecule has 1 aromatic heterocycles. The number of pyridine rings is 1. The number of hydrogen-bond donors (Lipinski definition) is 4. The summed E-state index contributed by atoms with van der Waals surface area (Å²) in [5.41, 5.74) is 10.9. The summed E-state index contributed by atoms with van der Waals surface area (Å²) in [6.07, 6.45) is 0.646. The summed E-state index contributed by atoms with van der Waals surface area (Å²) in [7, 11) is 0.484. The number of nitrogens with two attached hydrogens (primary N) is 1. The third-order valence-corrected chi connectivity index (χ3v) is 13.7. The number of aromatic amines is 1. The number of amides is 2. The first-order valence-corrected chi connectivity index (χ1v) is 25.1. The third kappa shape index (κ3) is 11.1. The SMILES string of the molecule is C[Si]OC(O[Si]C)C(C)(C)[C@H](CNCc1ccc(NC(=O)CCN2CC[C@@H](C(C(N)=O)(c3ccccc3)c3ccccc3)C2)cc1)c1ccc(OCc2ccccc2)c2[nH]c(=O)ccc12. The second-order valence-electron chi connectivity index (χ2n) is 17.2. The number of anilines is 1. The van der Waals surface area contributed by atoms with E-state index in [0.717, 1.165) is 51.9 Å². The number of likely N-dealkylation sites (tertiary alicyclic amines) is 1. The fourth-order valence-electron chi connectivity index (χ4n) is 9.35. The van der Waals surface area contributed by atoms with Gasteiger partial charge in [0.15, 0.2) is 0 Å². The first kappa shape index (κ1) is 47.3. The zero-order chi connectivity index (χ0) is 45.8. The predicted molar refractivity (Wildman–Crippen MR) is 260 cm³/mol. The van der Waals surface area contributed by atoms with Gasteiger partial charge in [-0.15, -0.1) is 0 Å². The number of nitrogens with one attached hydrogen (secondary N) is 3. The average Bonchev–Trinajstić information content (AvgIpc) is 3.79. The number of primary amides is 1. The molecule has 1 saturated heterocycles. The van der Waals surface area contributed by atoms with Crippen LogP contribution in [-0.2, 0) is 37.0 Å². The van der Waals surface area contributed by atoms with Crippen molar-refractivity contribution in [1.82, 2.24) is 15.2 Å². The Bertz CT molecular complexity index is 2500. The van der Waals surface area contributed by atoms with Gasteiger partial charge in [-0.1, -0.05) is 123 Å². The van der Waals surface area contributed by atoms with Crippen LogP contribution < -0.4 is 26.7 Å². The number of aromatic nitrogens is 1. The second kappa shape index (κ2) is 22.0. The number of carbonyl (C=O) groups is 2. The molecular formula is C52H59N5O6Si2. The van der Waals surface area contributed by atoms with E-state index in [9.17, 15) is 14.4 Å². The van der Waals surface area contributed by atoms with Crippen LogP contribution in [0.15, 0.2) is 144 Å². The standard InChI is InChI=1S/C52H59N5O6Si2/c1-51(2,50(62-64-3)63-65-4)44(42-24-26-45(48-43(42)25-27-46(58)56-48)61-35-37-14-8-5-9-15-37)33-54-32-36-20-22-41(23-21-36)55-47(59)29-31-57-30-28-40(34-57)52(49(53)60,38-16-10-6-11-17-38)39-18-12-7-13-19-39/h5-27,40,44,50,54H,28-35H2,1-4H3,(H2,53,60)(H,55,59)(H,56,58)/t40-,44-/m1/s1. The summed E-state index contributed by atoms with van der Waals surface area (Å²) in [6.45, 7) is 11.9. The summed E-state index contributed by atoms with van der Waals surface area (Å²) < 4.78 is 18.8. The molecule has 0 spiro atoms. The van der Waals surface area contributed by atoms with Crippen LogP contribution in [0.25, 0.3) is 10.9 Å². The Kier molecular flexibility index (Phi) is 16.0. The summed E-state index contributed by atoms with van der Waals surface area (Å²) in [6, 6.07) is 45.0. The number of rotatable bonds is 22. The minimum atomic E-state index is -0.969. The van der Waals surface area contributed by atoms with Gasteiger partial charge in [0.1, 0.15) is 24.1 Å². The van der Waals surface area contributed by atoms with Crippen molar-refractivity contribution in [2.75, 3.05) is 31.5 Å². The Labute approximate surface area is 387 Å². The zero-order valence-electron chi connectivity index (χ0n) is 37.6. The molecule has 5 N–H and O–H groups in total. The van der Waals surface area contributed by atoms with Gasteiger partial charge < -0.3 is 39.8 Å². The molecule has 1 aliphatic heterocycles. The van der Waals surface area contributed by atoms with Crippen LogP contribution in [-0.4, -0.2) is 73.7 Å². The van der Waals surface area contributed by atoms with E-state index in [1.165, 1.54) is 0 Å². The molecule has 7 rings (SSSR count). The average molecular weight is 906 g/mol. The van der Waals surface area contributed by atoms with E-state index in [-0.39, 0.29) is 48.7 Å². The molecule has 0 bridgehead atoms. The number of fused-ring (bicyclic) bond motifs is 1. The van der Waals surface area contributed by atoms with Crippen molar-refractivity contribution in [1.29, 1.82) is 0 Å². The van der Waals surface area contributed by atoms with Gasteiger partial charge in [0.2, 0.25) is 36.9 Å². The molecule has 5 aromatic carbocycles. The topological polar surface area (TPSA) is 148 Å². The highest BCUT2D eigenvalue weighted by Crippen LogP contribution is 2.45. The van der Waals surface area contributed by atoms with E-state index < -0.39 is 17.1 Å². The predicted octanol–water partition coefficient (Wildman–Crippen LogP) is 7.82. The number of ether oxygens (including phenoxy) is 1. The van der Waals surface area contributed by atoms with Gasteiger partial charge in [-0.3, -0.25) is 14.4 Å². The zero-order valence-corrected chi connectivity index (χ0v) is 39.6. The summed E-state index contributed by atoms with van der Waals surface area (Å²) in [5, 5.41) is 7.68. The van der Waals surface area contributed by atoms with Gasteiger partial charge in [-0.25, -0.2) is 0 Å². The molecule has 2 heterocycles. The van der Waals surface area contributed by atoms with Crippen LogP contribution in [0.4, 0.5) is 5.69 Å². The van der Waals surface area contributed by atoms with E-state index in [1.807, 2.05) is 140 Å². The van der Waals surface area contributed by atoms with Crippen molar-refractivity contribution >= 4 is 47.9 Å². The molecule has 336 valence electrons. The van der Waals surface area contributed by atoms with Gasteiger partial charge >= 0.3 is 0 Å². The second-order valence-corrected chi connectivity index (χ2v) is 18.5. The lowest BCUT2D eigenvalue weighted by molar-refractivity contribution is -0.124. The molecule has 0 unspecified atom stereocenters.